The number of fused-ring (bicyclic) bond motifs is 1. The molecule has 2 unspecified atom stereocenters. The second-order valence-corrected chi connectivity index (χ2v) is 6.38. The van der Waals surface area contributed by atoms with Crippen LogP contribution in [0.15, 0.2) is 24.3 Å². The molecule has 2 N–H and O–H groups in total. The van der Waals surface area contributed by atoms with Crippen molar-refractivity contribution in [3.05, 3.63) is 29.3 Å². The van der Waals surface area contributed by atoms with Crippen molar-refractivity contribution in [2.24, 2.45) is 5.92 Å². The minimum Gasteiger partial charge on any atom is -0.396 e. The second kappa shape index (κ2) is 7.72. The molecule has 1 aromatic carbocycles. The molecular weight excluding hydrogens is 268 g/mol. The molecule has 0 saturated carbocycles. The Morgan fingerprint density at radius 2 is 2.10 bits per heavy atom. The Labute approximate surface area is 125 Å². The number of para-hydroxylation sites is 1. The summed E-state index contributed by atoms with van der Waals surface area (Å²) in [6.45, 7) is 5.59. The second-order valence-electron chi connectivity index (χ2n) is 5.32. The van der Waals surface area contributed by atoms with E-state index in [2.05, 4.69) is 42.3 Å². The topological polar surface area (TPSA) is 45.1 Å². The Balaban J connectivity index is 1.95. The van der Waals surface area contributed by atoms with E-state index in [1.807, 2.05) is 6.07 Å². The van der Waals surface area contributed by atoms with Gasteiger partial charge in [-0.15, -0.1) is 11.3 Å². The van der Waals surface area contributed by atoms with Crippen LogP contribution in [0.5, 0.6) is 0 Å². The predicted molar refractivity (Wildman–Crippen MR) is 86.1 cm³/mol. The number of hydrogen-bond donors (Lipinski definition) is 2. The third-order valence-electron chi connectivity index (χ3n) is 3.63. The lowest BCUT2D eigenvalue weighted by molar-refractivity contribution is 0.246. The lowest BCUT2D eigenvalue weighted by Crippen LogP contribution is -2.26. The van der Waals surface area contributed by atoms with Crippen LogP contribution >= 0.6 is 11.3 Å². The van der Waals surface area contributed by atoms with Crippen molar-refractivity contribution in [3.8, 4) is 0 Å². The summed E-state index contributed by atoms with van der Waals surface area (Å²) in [6, 6.07) is 8.54. The molecule has 2 rings (SSSR count). The van der Waals surface area contributed by atoms with Crippen molar-refractivity contribution >= 4 is 21.6 Å². The highest BCUT2D eigenvalue weighted by Crippen LogP contribution is 2.26. The van der Waals surface area contributed by atoms with Crippen LogP contribution in [0, 0.1) is 5.92 Å². The van der Waals surface area contributed by atoms with Crippen LogP contribution < -0.4 is 5.32 Å². The number of aliphatic hydroxyl groups is 1. The number of hydrogen-bond acceptors (Lipinski definition) is 4. The number of benzene rings is 1. The number of rotatable bonds is 8. The number of aliphatic hydroxyl groups excluding tert-OH is 1. The molecule has 0 bridgehead atoms. The van der Waals surface area contributed by atoms with Crippen LogP contribution in [-0.4, -0.2) is 23.2 Å². The van der Waals surface area contributed by atoms with E-state index in [0.717, 1.165) is 23.5 Å². The van der Waals surface area contributed by atoms with E-state index < -0.39 is 0 Å². The summed E-state index contributed by atoms with van der Waals surface area (Å²) in [6.07, 6.45) is 3.22. The molecule has 2 aromatic rings. The quantitative estimate of drug-likeness (QED) is 0.779. The average Bonchev–Trinajstić information content (AvgIpc) is 2.89. The summed E-state index contributed by atoms with van der Waals surface area (Å²) in [5, 5.41) is 13.8. The van der Waals surface area contributed by atoms with E-state index in [0.29, 0.717) is 5.92 Å². The van der Waals surface area contributed by atoms with Gasteiger partial charge in [-0.1, -0.05) is 25.5 Å². The standard InChI is InChI=1S/C16H24N2OS/c1-3-6-13(9-10-19)11-17-12(2)16-18-14-7-4-5-8-15(14)20-16/h4-5,7-8,12-13,17,19H,3,6,9-11H2,1-2H3. The number of nitrogens with one attached hydrogen (secondary N) is 1. The van der Waals surface area contributed by atoms with Gasteiger partial charge in [-0.25, -0.2) is 4.98 Å². The zero-order chi connectivity index (χ0) is 14.4. The van der Waals surface area contributed by atoms with E-state index in [9.17, 15) is 0 Å². The van der Waals surface area contributed by atoms with Gasteiger partial charge < -0.3 is 10.4 Å². The predicted octanol–water partition coefficient (Wildman–Crippen LogP) is 3.75. The molecule has 0 aliphatic carbocycles. The maximum atomic E-state index is 9.10. The molecule has 0 radical (unpaired) electrons. The SMILES string of the molecule is CCCC(CCO)CNC(C)c1nc2ccccc2s1. The molecule has 0 saturated heterocycles. The highest BCUT2D eigenvalue weighted by molar-refractivity contribution is 7.18. The Kier molecular flexibility index (Phi) is 5.95. The first-order valence-electron chi connectivity index (χ1n) is 7.44. The van der Waals surface area contributed by atoms with Crippen LogP contribution in [0.25, 0.3) is 10.2 Å². The van der Waals surface area contributed by atoms with Gasteiger partial charge in [0.2, 0.25) is 0 Å². The molecule has 0 amide bonds. The highest BCUT2D eigenvalue weighted by Gasteiger charge is 2.13. The van der Waals surface area contributed by atoms with E-state index in [1.54, 1.807) is 11.3 Å². The lowest BCUT2D eigenvalue weighted by atomic mass is 10.00. The first-order valence-corrected chi connectivity index (χ1v) is 8.26. The smallest absolute Gasteiger partial charge is 0.111 e. The van der Waals surface area contributed by atoms with E-state index in [4.69, 9.17) is 5.11 Å². The largest absolute Gasteiger partial charge is 0.396 e. The molecule has 1 aromatic heterocycles. The molecule has 110 valence electrons. The van der Waals surface area contributed by atoms with Crippen molar-refractivity contribution in [2.45, 2.75) is 39.2 Å². The maximum Gasteiger partial charge on any atom is 0.111 e. The normalized spacial score (nSPS) is 14.6. The molecule has 0 spiro atoms. The van der Waals surface area contributed by atoms with Crippen LogP contribution in [0.3, 0.4) is 0 Å². The molecule has 4 heteroatoms. The number of aromatic nitrogens is 1. The fourth-order valence-electron chi connectivity index (χ4n) is 2.45. The van der Waals surface area contributed by atoms with Gasteiger partial charge >= 0.3 is 0 Å². The Bertz CT molecular complexity index is 487. The number of nitrogens with zero attached hydrogens (tertiary/aromatic N) is 1. The van der Waals surface area contributed by atoms with Gasteiger partial charge in [-0.3, -0.25) is 0 Å². The van der Waals surface area contributed by atoms with Gasteiger partial charge in [-0.05, 0) is 44.4 Å². The average molecular weight is 292 g/mol. The van der Waals surface area contributed by atoms with Crippen molar-refractivity contribution in [3.63, 3.8) is 0 Å². The van der Waals surface area contributed by atoms with Crippen LogP contribution in [0.1, 0.15) is 44.2 Å². The van der Waals surface area contributed by atoms with Gasteiger partial charge in [0.25, 0.3) is 0 Å². The molecular formula is C16H24N2OS. The van der Waals surface area contributed by atoms with Crippen LogP contribution in [0.2, 0.25) is 0 Å². The summed E-state index contributed by atoms with van der Waals surface area (Å²) < 4.78 is 1.25. The summed E-state index contributed by atoms with van der Waals surface area (Å²) in [7, 11) is 0. The summed E-state index contributed by atoms with van der Waals surface area (Å²) in [5.74, 6) is 0.557. The van der Waals surface area contributed by atoms with Gasteiger partial charge in [-0.2, -0.15) is 0 Å². The Morgan fingerprint density at radius 1 is 1.30 bits per heavy atom. The summed E-state index contributed by atoms with van der Waals surface area (Å²) >= 11 is 1.76. The summed E-state index contributed by atoms with van der Waals surface area (Å²) in [5.41, 5.74) is 1.08. The molecule has 20 heavy (non-hydrogen) atoms. The van der Waals surface area contributed by atoms with Gasteiger partial charge in [0.1, 0.15) is 5.01 Å². The van der Waals surface area contributed by atoms with Crippen molar-refractivity contribution in [1.82, 2.24) is 10.3 Å². The molecule has 2 atom stereocenters. The molecule has 0 aliphatic rings. The number of thiazole rings is 1. The highest BCUT2D eigenvalue weighted by atomic mass is 32.1. The fourth-order valence-corrected chi connectivity index (χ4v) is 3.44. The van der Waals surface area contributed by atoms with Crippen LogP contribution in [0.4, 0.5) is 0 Å². The van der Waals surface area contributed by atoms with Crippen LogP contribution in [-0.2, 0) is 0 Å². The summed E-state index contributed by atoms with van der Waals surface area (Å²) in [4.78, 5) is 4.69. The van der Waals surface area contributed by atoms with Crippen molar-refractivity contribution in [1.29, 1.82) is 0 Å². The maximum absolute atomic E-state index is 9.10. The third kappa shape index (κ3) is 4.01. The lowest BCUT2D eigenvalue weighted by Gasteiger charge is -2.18. The monoisotopic (exact) mass is 292 g/mol. The van der Waals surface area contributed by atoms with Gasteiger partial charge in [0.15, 0.2) is 0 Å². The van der Waals surface area contributed by atoms with E-state index >= 15 is 0 Å². The molecule has 0 aliphatic heterocycles. The minimum absolute atomic E-state index is 0.269. The van der Waals surface area contributed by atoms with Gasteiger partial charge in [0.05, 0.1) is 16.3 Å². The van der Waals surface area contributed by atoms with Crippen molar-refractivity contribution in [2.75, 3.05) is 13.2 Å². The van der Waals surface area contributed by atoms with E-state index in [1.165, 1.54) is 17.5 Å². The molecule has 3 nitrogen and oxygen atoms in total. The Hall–Kier alpha value is -0.970. The van der Waals surface area contributed by atoms with Gasteiger partial charge in [0, 0.05) is 6.61 Å². The molecule has 0 fully saturated rings. The first kappa shape index (κ1) is 15.4. The van der Waals surface area contributed by atoms with Crippen molar-refractivity contribution < 1.29 is 5.11 Å². The zero-order valence-electron chi connectivity index (χ0n) is 12.3. The first-order chi connectivity index (χ1) is 9.74. The minimum atomic E-state index is 0.269. The Morgan fingerprint density at radius 3 is 2.80 bits per heavy atom. The third-order valence-corrected chi connectivity index (χ3v) is 4.85. The molecule has 1 heterocycles. The van der Waals surface area contributed by atoms with E-state index in [-0.39, 0.29) is 12.6 Å². The fraction of sp³-hybridized carbons (Fsp3) is 0.562. The zero-order valence-corrected chi connectivity index (χ0v) is 13.1.